The molecule has 3 saturated heterocycles. The molecule has 3 aliphatic rings. The molecule has 0 amide bonds. The molecule has 0 aliphatic carbocycles. The van der Waals surface area contributed by atoms with Crippen molar-refractivity contribution in [2.75, 3.05) is 19.8 Å². The molecule has 3 rings (SSSR count). The zero-order chi connectivity index (χ0) is 21.2. The molecule has 3 fully saturated rings. The van der Waals surface area contributed by atoms with Crippen LogP contribution in [0.15, 0.2) is 0 Å². The minimum absolute atomic E-state index is 0.0194. The average molecular weight is 424 g/mol. The van der Waals surface area contributed by atoms with Crippen molar-refractivity contribution < 1.29 is 38.5 Å². The van der Waals surface area contributed by atoms with E-state index in [1.165, 1.54) is 0 Å². The maximum Gasteiger partial charge on any atom is 0.475 e. The highest BCUT2D eigenvalue weighted by atomic mass is 31.2. The molecule has 28 heavy (non-hydrogen) atoms. The number of hydrogen-bond donors (Lipinski definition) is 0. The van der Waals surface area contributed by atoms with Crippen LogP contribution in [0.1, 0.15) is 55.3 Å². The molecule has 0 bridgehead atoms. The number of ether oxygens (including phenoxy) is 4. The standard InChI is InChI=1S/C19H35O8P/c1-12(2)22-11-18-15(6-8-21-18)26-28(20)23-9-7-16(27-28)19-17(24-13(3)4)10-14(5)25-19/h12-19H,6-11H2,1-5H3/t14-,15-,16+,17-,18+,19+,28-/m0/s1/i8T/t8-,14-,15-,16+,17-,18+,19+,28-. The van der Waals surface area contributed by atoms with Crippen LogP contribution in [0.5, 0.6) is 0 Å². The molecule has 0 radical (unpaired) electrons. The molecule has 0 unspecified atom stereocenters. The number of phosphoric acid groups is 1. The Hall–Kier alpha value is -0.0500. The van der Waals surface area contributed by atoms with Crippen molar-refractivity contribution in [1.82, 2.24) is 0 Å². The minimum Gasteiger partial charge on any atom is -0.376 e. The van der Waals surface area contributed by atoms with E-state index in [4.69, 9.17) is 33.9 Å². The fourth-order valence-corrected chi connectivity index (χ4v) is 5.33. The topological polar surface area (TPSA) is 81.7 Å². The first-order chi connectivity index (χ1) is 13.6. The van der Waals surface area contributed by atoms with Crippen molar-refractivity contribution in [3.05, 3.63) is 0 Å². The fraction of sp³-hybridized carbons (Fsp3) is 1.00. The monoisotopic (exact) mass is 424 g/mol. The van der Waals surface area contributed by atoms with Crippen LogP contribution in [-0.4, -0.2) is 68.6 Å². The predicted molar refractivity (Wildman–Crippen MR) is 102 cm³/mol. The summed E-state index contributed by atoms with van der Waals surface area (Å²) in [5, 5.41) is 0. The highest BCUT2D eigenvalue weighted by molar-refractivity contribution is 7.48. The first-order valence-corrected chi connectivity index (χ1v) is 11.7. The lowest BCUT2D eigenvalue weighted by molar-refractivity contribution is -0.113. The molecular formula is C19H35O8P. The third kappa shape index (κ3) is 5.99. The molecule has 0 aromatic heterocycles. The van der Waals surface area contributed by atoms with Gasteiger partial charge in [-0.05, 0) is 34.6 Å². The van der Waals surface area contributed by atoms with E-state index in [1.54, 1.807) is 0 Å². The molecular weight excluding hydrogens is 387 g/mol. The molecule has 0 aromatic rings. The van der Waals surface area contributed by atoms with Gasteiger partial charge in [-0.25, -0.2) is 4.57 Å². The van der Waals surface area contributed by atoms with E-state index in [1.807, 2.05) is 34.6 Å². The molecule has 3 heterocycles. The van der Waals surface area contributed by atoms with Gasteiger partial charge in [0, 0.05) is 25.8 Å². The zero-order valence-corrected chi connectivity index (χ0v) is 18.3. The summed E-state index contributed by atoms with van der Waals surface area (Å²) in [6.07, 6.45) is -0.252. The van der Waals surface area contributed by atoms with Gasteiger partial charge in [0.1, 0.15) is 24.4 Å². The summed E-state index contributed by atoms with van der Waals surface area (Å²) in [6.45, 7) is 9.55. The zero-order valence-electron chi connectivity index (χ0n) is 18.4. The molecule has 0 aromatic carbocycles. The second-order valence-electron chi connectivity index (χ2n) is 8.19. The molecule has 8 nitrogen and oxygen atoms in total. The Bertz CT molecular complexity index is 576. The lowest BCUT2D eigenvalue weighted by Gasteiger charge is -2.35. The molecule has 0 saturated carbocycles. The summed E-state index contributed by atoms with van der Waals surface area (Å²) in [6, 6.07) is 0. The smallest absolute Gasteiger partial charge is 0.376 e. The van der Waals surface area contributed by atoms with Crippen LogP contribution in [-0.2, 0) is 37.1 Å². The van der Waals surface area contributed by atoms with Crippen molar-refractivity contribution >= 4 is 7.82 Å². The van der Waals surface area contributed by atoms with E-state index in [0.717, 1.165) is 6.42 Å². The van der Waals surface area contributed by atoms with E-state index in [2.05, 4.69) is 0 Å². The molecule has 3 aliphatic heterocycles. The Morgan fingerprint density at radius 1 is 1.18 bits per heavy atom. The van der Waals surface area contributed by atoms with Gasteiger partial charge in [-0.15, -0.1) is 0 Å². The summed E-state index contributed by atoms with van der Waals surface area (Å²) < 4.78 is 61.3. The first kappa shape index (κ1) is 21.2. The molecule has 9 heteroatoms. The Morgan fingerprint density at radius 3 is 2.68 bits per heavy atom. The van der Waals surface area contributed by atoms with E-state index >= 15 is 0 Å². The van der Waals surface area contributed by atoms with Gasteiger partial charge in [0.2, 0.25) is 0 Å². The van der Waals surface area contributed by atoms with Gasteiger partial charge in [-0.3, -0.25) is 13.6 Å². The summed E-state index contributed by atoms with van der Waals surface area (Å²) in [5.41, 5.74) is 0. The van der Waals surface area contributed by atoms with Crippen molar-refractivity contribution in [1.29, 1.82) is 0 Å². The van der Waals surface area contributed by atoms with Crippen molar-refractivity contribution in [3.63, 3.8) is 0 Å². The number of hydrogen-bond acceptors (Lipinski definition) is 8. The van der Waals surface area contributed by atoms with Crippen LogP contribution in [0, 0.1) is 0 Å². The van der Waals surface area contributed by atoms with Crippen LogP contribution >= 0.6 is 7.82 Å². The van der Waals surface area contributed by atoms with E-state index < -0.39 is 32.7 Å². The van der Waals surface area contributed by atoms with Crippen molar-refractivity contribution in [2.24, 2.45) is 0 Å². The third-order valence-electron chi connectivity index (χ3n) is 4.92. The second kappa shape index (κ2) is 9.84. The maximum atomic E-state index is 13.2. The number of rotatable bonds is 8. The summed E-state index contributed by atoms with van der Waals surface area (Å²) >= 11 is 0. The first-order valence-electron chi connectivity index (χ1n) is 10.8. The molecule has 8 atom stereocenters. The summed E-state index contributed by atoms with van der Waals surface area (Å²) in [5.74, 6) is 0. The van der Waals surface area contributed by atoms with Crippen LogP contribution < -0.4 is 0 Å². The normalized spacial score (nSPS) is 45.1. The third-order valence-corrected chi connectivity index (χ3v) is 6.48. The summed E-state index contributed by atoms with van der Waals surface area (Å²) in [7, 11) is -3.82. The van der Waals surface area contributed by atoms with Gasteiger partial charge < -0.3 is 18.9 Å². The van der Waals surface area contributed by atoms with Crippen molar-refractivity contribution in [2.45, 2.75) is 103 Å². The molecule has 164 valence electrons. The lowest BCUT2D eigenvalue weighted by atomic mass is 10.0. The molecule has 0 N–H and O–H groups in total. The Labute approximate surface area is 169 Å². The van der Waals surface area contributed by atoms with Gasteiger partial charge in [0.05, 0.1) is 39.0 Å². The quantitative estimate of drug-likeness (QED) is 0.548. The maximum absolute atomic E-state index is 13.2. The SMILES string of the molecule is [3H][C@H]1C[C@H](O[P@]2(=O)OCC[C@H]([C@H]3O[C@@H](C)C[C@@H]3OC(C)C)O2)[C@@H](COC(C)C)O1. The van der Waals surface area contributed by atoms with E-state index in [9.17, 15) is 4.57 Å². The van der Waals surface area contributed by atoms with Crippen LogP contribution in [0.2, 0.25) is 0 Å². The van der Waals surface area contributed by atoms with Crippen LogP contribution in [0.25, 0.3) is 0 Å². The second-order valence-corrected chi connectivity index (χ2v) is 9.76. The van der Waals surface area contributed by atoms with E-state index in [0.29, 0.717) is 6.42 Å². The van der Waals surface area contributed by atoms with Gasteiger partial charge in [0.25, 0.3) is 0 Å². The van der Waals surface area contributed by atoms with Crippen molar-refractivity contribution in [3.8, 4) is 0 Å². The fourth-order valence-electron chi connectivity index (χ4n) is 3.72. The summed E-state index contributed by atoms with van der Waals surface area (Å²) in [4.78, 5) is 0. The molecule has 0 spiro atoms. The highest BCUT2D eigenvalue weighted by Gasteiger charge is 2.48. The lowest BCUT2D eigenvalue weighted by Crippen LogP contribution is -2.41. The highest BCUT2D eigenvalue weighted by Crippen LogP contribution is 2.56. The van der Waals surface area contributed by atoms with Crippen LogP contribution in [0.3, 0.4) is 0 Å². The predicted octanol–water partition coefficient (Wildman–Crippen LogP) is 3.47. The largest absolute Gasteiger partial charge is 0.475 e. The van der Waals surface area contributed by atoms with Gasteiger partial charge in [-0.2, -0.15) is 0 Å². The van der Waals surface area contributed by atoms with Gasteiger partial charge in [-0.1, -0.05) is 0 Å². The van der Waals surface area contributed by atoms with Gasteiger partial charge >= 0.3 is 7.82 Å². The van der Waals surface area contributed by atoms with Gasteiger partial charge in [0.15, 0.2) is 0 Å². The van der Waals surface area contributed by atoms with E-state index in [-0.39, 0.29) is 50.2 Å². The number of phosphoric ester groups is 1. The minimum atomic E-state index is -3.82. The Morgan fingerprint density at radius 2 is 1.96 bits per heavy atom. The van der Waals surface area contributed by atoms with Crippen LogP contribution in [0.4, 0.5) is 0 Å². The Balaban J connectivity index is 1.63. The Kier molecular flexibility index (Phi) is 7.45. The average Bonchev–Trinajstić information content (AvgIpc) is 3.14.